The minimum atomic E-state index is -4.36. The van der Waals surface area contributed by atoms with Crippen LogP contribution >= 0.6 is 0 Å². The SMILES string of the molecule is Cc1cc([C@@H](CC(=O)c2cc(Cn3ccn(C)c3=N)cc(N3CCC[C@H]3C(F)(F)F)c2)C2CC2)ccc1F. The average Bonchev–Trinajstić information content (AvgIpc) is 3.49. The molecule has 2 atom stereocenters. The first-order valence-corrected chi connectivity index (χ1v) is 13.0. The van der Waals surface area contributed by atoms with E-state index in [1.165, 1.54) is 11.0 Å². The van der Waals surface area contributed by atoms with Gasteiger partial charge in [-0.2, -0.15) is 13.2 Å². The van der Waals surface area contributed by atoms with Gasteiger partial charge in [-0.05, 0) is 85.4 Å². The summed E-state index contributed by atoms with van der Waals surface area (Å²) in [5.41, 5.74) is 3.13. The smallest absolute Gasteiger partial charge is 0.360 e. The number of Topliss-reactive ketones (excluding diaryl/α,β-unsaturated/α-hetero) is 1. The van der Waals surface area contributed by atoms with E-state index in [0.717, 1.165) is 18.4 Å². The Labute approximate surface area is 219 Å². The fourth-order valence-electron chi connectivity index (χ4n) is 5.63. The van der Waals surface area contributed by atoms with Crippen molar-refractivity contribution >= 4 is 11.5 Å². The number of aryl methyl sites for hydroxylation is 2. The van der Waals surface area contributed by atoms with Gasteiger partial charge in [0.05, 0.1) is 6.54 Å². The summed E-state index contributed by atoms with van der Waals surface area (Å²) in [4.78, 5) is 15.0. The number of ketones is 1. The zero-order chi connectivity index (χ0) is 27.2. The Hall–Kier alpha value is -3.36. The van der Waals surface area contributed by atoms with Crippen LogP contribution in [0.5, 0.6) is 0 Å². The molecule has 2 fully saturated rings. The molecule has 5 rings (SSSR count). The Bertz CT molecular complexity index is 1400. The van der Waals surface area contributed by atoms with Crippen LogP contribution in [0, 0.1) is 24.1 Å². The van der Waals surface area contributed by atoms with Gasteiger partial charge in [0.1, 0.15) is 11.9 Å². The molecule has 0 bridgehead atoms. The second kappa shape index (κ2) is 10.1. The molecule has 2 aliphatic rings. The van der Waals surface area contributed by atoms with Gasteiger partial charge >= 0.3 is 6.18 Å². The Balaban J connectivity index is 1.50. The number of hydrogen-bond donors (Lipinski definition) is 1. The predicted octanol–water partition coefficient (Wildman–Crippen LogP) is 6.10. The quantitative estimate of drug-likeness (QED) is 0.284. The van der Waals surface area contributed by atoms with Crippen LogP contribution < -0.4 is 10.5 Å². The average molecular weight is 529 g/mol. The number of alkyl halides is 3. The molecular weight excluding hydrogens is 496 g/mol. The number of benzene rings is 2. The van der Waals surface area contributed by atoms with E-state index in [4.69, 9.17) is 5.41 Å². The van der Waals surface area contributed by atoms with Crippen molar-refractivity contribution in [3.63, 3.8) is 0 Å². The fourth-order valence-corrected chi connectivity index (χ4v) is 5.63. The topological polar surface area (TPSA) is 54.0 Å². The van der Waals surface area contributed by atoms with Gasteiger partial charge in [-0.25, -0.2) is 4.39 Å². The van der Waals surface area contributed by atoms with E-state index in [1.807, 2.05) is 0 Å². The number of rotatable bonds is 8. The summed E-state index contributed by atoms with van der Waals surface area (Å²) in [6.45, 7) is 2.24. The minimum absolute atomic E-state index is 0.0228. The van der Waals surface area contributed by atoms with Crippen molar-refractivity contribution in [2.24, 2.45) is 13.0 Å². The lowest BCUT2D eigenvalue weighted by atomic mass is 9.86. The number of anilines is 1. The van der Waals surface area contributed by atoms with Gasteiger partial charge in [-0.15, -0.1) is 0 Å². The number of halogens is 4. The van der Waals surface area contributed by atoms with Crippen molar-refractivity contribution < 1.29 is 22.4 Å². The molecule has 1 saturated heterocycles. The largest absolute Gasteiger partial charge is 0.408 e. The van der Waals surface area contributed by atoms with Crippen molar-refractivity contribution in [3.8, 4) is 0 Å². The third-order valence-corrected chi connectivity index (χ3v) is 7.90. The van der Waals surface area contributed by atoms with Gasteiger partial charge < -0.3 is 14.0 Å². The molecule has 0 spiro atoms. The van der Waals surface area contributed by atoms with E-state index in [2.05, 4.69) is 0 Å². The van der Waals surface area contributed by atoms with Gasteiger partial charge in [0.15, 0.2) is 5.78 Å². The number of hydrogen-bond acceptors (Lipinski definition) is 3. The molecule has 1 aliphatic heterocycles. The van der Waals surface area contributed by atoms with E-state index < -0.39 is 12.2 Å². The number of imidazole rings is 1. The highest BCUT2D eigenvalue weighted by Crippen LogP contribution is 2.45. The monoisotopic (exact) mass is 528 g/mol. The highest BCUT2D eigenvalue weighted by atomic mass is 19.4. The number of nitrogens with one attached hydrogen (secondary N) is 1. The zero-order valence-electron chi connectivity index (χ0n) is 21.6. The van der Waals surface area contributed by atoms with E-state index in [0.29, 0.717) is 34.7 Å². The molecule has 1 N–H and O–H groups in total. The van der Waals surface area contributed by atoms with Crippen molar-refractivity contribution in [1.29, 1.82) is 5.41 Å². The first kappa shape index (κ1) is 26.3. The molecule has 9 heteroatoms. The first-order valence-electron chi connectivity index (χ1n) is 13.0. The molecule has 1 saturated carbocycles. The van der Waals surface area contributed by atoms with Gasteiger partial charge in [0, 0.05) is 43.7 Å². The molecule has 1 aliphatic carbocycles. The van der Waals surface area contributed by atoms with Crippen molar-refractivity contribution in [3.05, 3.63) is 82.5 Å². The molecular formula is C29H32F4N4O. The van der Waals surface area contributed by atoms with Crippen LogP contribution in [-0.2, 0) is 13.6 Å². The molecule has 0 amide bonds. The van der Waals surface area contributed by atoms with E-state index >= 15 is 0 Å². The second-order valence-corrected chi connectivity index (χ2v) is 10.7. The lowest BCUT2D eigenvalue weighted by Gasteiger charge is -2.29. The van der Waals surface area contributed by atoms with Gasteiger partial charge in [-0.1, -0.05) is 12.1 Å². The third-order valence-electron chi connectivity index (χ3n) is 7.90. The lowest BCUT2D eigenvalue weighted by molar-refractivity contribution is -0.145. The van der Waals surface area contributed by atoms with E-state index in [1.54, 1.807) is 65.8 Å². The number of aromatic nitrogens is 2. The fraction of sp³-hybridized carbons (Fsp3) is 0.448. The van der Waals surface area contributed by atoms with Crippen LogP contribution in [0.1, 0.15) is 65.1 Å². The van der Waals surface area contributed by atoms with E-state index in [-0.39, 0.29) is 49.1 Å². The van der Waals surface area contributed by atoms with Crippen LogP contribution in [0.15, 0.2) is 48.8 Å². The van der Waals surface area contributed by atoms with Crippen LogP contribution in [-0.4, -0.2) is 33.7 Å². The molecule has 2 aromatic carbocycles. The zero-order valence-corrected chi connectivity index (χ0v) is 21.6. The molecule has 3 aromatic rings. The molecule has 5 nitrogen and oxygen atoms in total. The Morgan fingerprint density at radius 1 is 1.11 bits per heavy atom. The number of nitrogens with zero attached hydrogens (tertiary/aromatic N) is 3. The Morgan fingerprint density at radius 2 is 1.87 bits per heavy atom. The Kier molecular flexibility index (Phi) is 6.96. The van der Waals surface area contributed by atoms with Crippen LogP contribution in [0.25, 0.3) is 0 Å². The molecule has 2 heterocycles. The second-order valence-electron chi connectivity index (χ2n) is 10.7. The van der Waals surface area contributed by atoms with Gasteiger partial charge in [0.2, 0.25) is 5.62 Å². The van der Waals surface area contributed by atoms with Crippen molar-refractivity contribution in [2.75, 3.05) is 11.4 Å². The van der Waals surface area contributed by atoms with Crippen LogP contribution in [0.4, 0.5) is 23.2 Å². The molecule has 202 valence electrons. The van der Waals surface area contributed by atoms with Gasteiger partial charge in [-0.3, -0.25) is 10.2 Å². The summed E-state index contributed by atoms with van der Waals surface area (Å²) >= 11 is 0. The summed E-state index contributed by atoms with van der Waals surface area (Å²) in [6, 6.07) is 8.43. The maximum atomic E-state index is 13.9. The summed E-state index contributed by atoms with van der Waals surface area (Å²) in [5, 5.41) is 8.24. The van der Waals surface area contributed by atoms with Crippen molar-refractivity contribution in [1.82, 2.24) is 9.13 Å². The molecule has 0 unspecified atom stereocenters. The third kappa shape index (κ3) is 5.42. The van der Waals surface area contributed by atoms with Crippen LogP contribution in [0.3, 0.4) is 0 Å². The molecule has 38 heavy (non-hydrogen) atoms. The predicted molar refractivity (Wildman–Crippen MR) is 137 cm³/mol. The summed E-state index contributed by atoms with van der Waals surface area (Å²) in [5.74, 6) is -0.153. The summed E-state index contributed by atoms with van der Waals surface area (Å²) < 4.78 is 58.7. The highest BCUT2D eigenvalue weighted by Gasteiger charge is 2.46. The number of carbonyl (C=O) groups is 1. The summed E-state index contributed by atoms with van der Waals surface area (Å²) in [7, 11) is 1.75. The maximum Gasteiger partial charge on any atom is 0.408 e. The lowest BCUT2D eigenvalue weighted by Crippen LogP contribution is -2.41. The standard InChI is InChI=1S/C29H32F4N4O/c1-18-12-21(7-8-25(18)30)24(20-5-6-20)16-26(38)22-13-19(17-36-11-10-35(2)28(36)34)14-23(15-22)37-9-3-4-27(37)29(31,32)33/h7-8,10-15,20,24,27,34H,3-6,9,16-17H2,1-2H3/t24-,27-/m0/s1. The van der Waals surface area contributed by atoms with E-state index in [9.17, 15) is 22.4 Å². The minimum Gasteiger partial charge on any atom is -0.360 e. The summed E-state index contributed by atoms with van der Waals surface area (Å²) in [6.07, 6.45) is 1.77. The van der Waals surface area contributed by atoms with Gasteiger partial charge in [0.25, 0.3) is 0 Å². The number of carbonyl (C=O) groups excluding carboxylic acids is 1. The Morgan fingerprint density at radius 3 is 2.50 bits per heavy atom. The first-order chi connectivity index (χ1) is 18.0. The highest BCUT2D eigenvalue weighted by molar-refractivity contribution is 5.97. The normalized spacial score (nSPS) is 18.7. The maximum absolute atomic E-state index is 13.9. The molecule has 0 radical (unpaired) electrons. The van der Waals surface area contributed by atoms with Crippen LogP contribution in [0.2, 0.25) is 0 Å². The molecule has 1 aromatic heterocycles. The van der Waals surface area contributed by atoms with Crippen molar-refractivity contribution in [2.45, 2.75) is 63.7 Å².